The number of rotatable bonds is 52. The van der Waals surface area contributed by atoms with Crippen molar-refractivity contribution in [3.8, 4) is 0 Å². The summed E-state index contributed by atoms with van der Waals surface area (Å²) in [6, 6.07) is 0. The van der Waals surface area contributed by atoms with Crippen LogP contribution in [0.1, 0.15) is 245 Å². The fourth-order valence-corrected chi connectivity index (χ4v) is 7.92. The van der Waals surface area contributed by atoms with Gasteiger partial charge in [-0.25, -0.2) is 4.79 Å². The summed E-state index contributed by atoms with van der Waals surface area (Å²) >= 11 is 0. The molecule has 0 aliphatic rings. The van der Waals surface area contributed by atoms with Crippen LogP contribution in [0.4, 0.5) is 0 Å². The van der Waals surface area contributed by atoms with E-state index in [2.05, 4.69) is 74.6 Å². The number of carboxylic acids is 1. The van der Waals surface area contributed by atoms with E-state index in [-0.39, 0.29) is 32.2 Å². The Labute approximate surface area is 425 Å². The fourth-order valence-electron chi connectivity index (χ4n) is 7.92. The molecule has 0 radical (unpaired) electrons. The summed E-state index contributed by atoms with van der Waals surface area (Å²) in [5.74, 6) is -2.01. The highest BCUT2D eigenvalue weighted by Crippen LogP contribution is 2.17. The van der Waals surface area contributed by atoms with Gasteiger partial charge in [-0.05, 0) is 57.8 Å². The Hall–Kier alpha value is -3.01. The van der Waals surface area contributed by atoms with Crippen molar-refractivity contribution in [3.63, 3.8) is 0 Å². The molecule has 400 valence electrons. The molecule has 0 heterocycles. The van der Waals surface area contributed by atoms with Gasteiger partial charge in [-0.2, -0.15) is 0 Å². The van der Waals surface area contributed by atoms with Crippen molar-refractivity contribution >= 4 is 17.9 Å². The van der Waals surface area contributed by atoms with Crippen LogP contribution in [0.3, 0.4) is 0 Å². The topological polar surface area (TPSA) is 108 Å². The summed E-state index contributed by atoms with van der Waals surface area (Å²) < 4.78 is 22.6. The van der Waals surface area contributed by atoms with E-state index in [0.717, 1.165) is 83.5 Å². The van der Waals surface area contributed by atoms with Gasteiger partial charge in [-0.3, -0.25) is 9.59 Å². The van der Waals surface area contributed by atoms with E-state index in [0.29, 0.717) is 17.4 Å². The molecule has 0 rings (SSSR count). The van der Waals surface area contributed by atoms with E-state index in [1.165, 1.54) is 135 Å². The number of ether oxygens (including phenoxy) is 4. The van der Waals surface area contributed by atoms with Crippen molar-refractivity contribution in [1.29, 1.82) is 0 Å². The third kappa shape index (κ3) is 52.6. The molecular formula is C60H108NO8+. The zero-order valence-electron chi connectivity index (χ0n) is 45.5. The lowest BCUT2D eigenvalue weighted by molar-refractivity contribution is -0.870. The molecule has 0 aliphatic heterocycles. The largest absolute Gasteiger partial charge is 0.477 e. The van der Waals surface area contributed by atoms with E-state index < -0.39 is 24.3 Å². The molecule has 0 saturated carbocycles. The number of hydrogen-bond donors (Lipinski definition) is 1. The molecule has 0 aromatic carbocycles. The van der Waals surface area contributed by atoms with E-state index in [1.54, 1.807) is 0 Å². The molecule has 0 aromatic rings. The number of carbonyl (C=O) groups excluding carboxylic acids is 2. The summed E-state index contributed by atoms with van der Waals surface area (Å²) in [5.41, 5.74) is 0. The first-order chi connectivity index (χ1) is 33.6. The van der Waals surface area contributed by atoms with Crippen molar-refractivity contribution in [3.05, 3.63) is 60.8 Å². The van der Waals surface area contributed by atoms with E-state index in [4.69, 9.17) is 18.9 Å². The highest BCUT2D eigenvalue weighted by molar-refractivity contribution is 5.71. The molecule has 0 amide bonds. The third-order valence-corrected chi connectivity index (χ3v) is 12.3. The lowest BCUT2D eigenvalue weighted by Gasteiger charge is -2.25. The smallest absolute Gasteiger partial charge is 0.361 e. The van der Waals surface area contributed by atoms with E-state index >= 15 is 0 Å². The van der Waals surface area contributed by atoms with Crippen LogP contribution >= 0.6 is 0 Å². The van der Waals surface area contributed by atoms with Crippen LogP contribution in [0.15, 0.2) is 60.8 Å². The molecule has 0 fully saturated rings. The number of nitrogens with zero attached hydrogens (tertiary/aromatic N) is 1. The maximum absolute atomic E-state index is 12.7. The van der Waals surface area contributed by atoms with Gasteiger partial charge in [0.2, 0.25) is 0 Å². The molecular weight excluding hydrogens is 863 g/mol. The Bertz CT molecular complexity index is 1310. The summed E-state index contributed by atoms with van der Waals surface area (Å²) in [5, 5.41) is 9.61. The number of unbranched alkanes of at least 4 members (excludes halogenated alkanes) is 27. The predicted octanol–water partition coefficient (Wildman–Crippen LogP) is 16.5. The second kappa shape index (κ2) is 51.3. The highest BCUT2D eigenvalue weighted by atomic mass is 16.7. The van der Waals surface area contributed by atoms with Crippen LogP contribution < -0.4 is 0 Å². The lowest BCUT2D eigenvalue weighted by Crippen LogP contribution is -2.40. The van der Waals surface area contributed by atoms with Gasteiger partial charge in [-0.1, -0.05) is 235 Å². The van der Waals surface area contributed by atoms with Crippen LogP contribution in [0.25, 0.3) is 0 Å². The quantitative estimate of drug-likeness (QED) is 0.0211. The highest BCUT2D eigenvalue weighted by Gasteiger charge is 2.25. The number of carbonyl (C=O) groups is 3. The van der Waals surface area contributed by atoms with Gasteiger partial charge in [0.05, 0.1) is 34.4 Å². The van der Waals surface area contributed by atoms with Gasteiger partial charge in [-0.15, -0.1) is 0 Å². The molecule has 1 N–H and O–H groups in total. The maximum Gasteiger partial charge on any atom is 0.361 e. The minimum absolute atomic E-state index is 0.180. The number of allylic oxidation sites excluding steroid dienone is 10. The summed E-state index contributed by atoms with van der Waals surface area (Å²) in [7, 11) is 5.95. The molecule has 69 heavy (non-hydrogen) atoms. The number of hydrogen-bond acceptors (Lipinski definition) is 7. The van der Waals surface area contributed by atoms with Crippen molar-refractivity contribution in [2.24, 2.45) is 0 Å². The van der Waals surface area contributed by atoms with Gasteiger partial charge >= 0.3 is 17.9 Å². The van der Waals surface area contributed by atoms with Crippen LogP contribution in [-0.4, -0.2) is 87.4 Å². The van der Waals surface area contributed by atoms with Gasteiger partial charge in [0.25, 0.3) is 6.29 Å². The van der Waals surface area contributed by atoms with Gasteiger partial charge in [0.15, 0.2) is 6.10 Å². The minimum Gasteiger partial charge on any atom is -0.477 e. The molecule has 0 saturated heterocycles. The SMILES string of the molecule is CC/C=C\C/C=C\C/C=C\C/C=C\C/C=C\CCCCCCCCCCCCCCCCCCCCCCCCCC(=O)OC(COC(=O)CCCCCCC)COC(OCC[N+](C)(C)C)C(=O)O. The molecule has 9 nitrogen and oxygen atoms in total. The van der Waals surface area contributed by atoms with Crippen molar-refractivity contribution in [2.45, 2.75) is 257 Å². The second-order valence-electron chi connectivity index (χ2n) is 20.2. The molecule has 0 aliphatic carbocycles. The normalized spacial score (nSPS) is 13.2. The fraction of sp³-hybridized carbons (Fsp3) is 0.783. The van der Waals surface area contributed by atoms with Gasteiger partial charge in [0.1, 0.15) is 13.2 Å². The van der Waals surface area contributed by atoms with Crippen LogP contribution in [-0.2, 0) is 33.3 Å². The van der Waals surface area contributed by atoms with Crippen LogP contribution in [0.5, 0.6) is 0 Å². The first-order valence-corrected chi connectivity index (χ1v) is 28.5. The maximum atomic E-state index is 12.7. The predicted molar refractivity (Wildman–Crippen MR) is 290 cm³/mol. The Balaban J connectivity index is 3.80. The minimum atomic E-state index is -1.50. The molecule has 9 heteroatoms. The van der Waals surface area contributed by atoms with Crippen molar-refractivity contribution in [1.82, 2.24) is 0 Å². The summed E-state index contributed by atoms with van der Waals surface area (Å²) in [6.45, 7) is 4.68. The molecule has 2 unspecified atom stereocenters. The van der Waals surface area contributed by atoms with E-state index in [1.807, 2.05) is 21.1 Å². The first-order valence-electron chi connectivity index (χ1n) is 28.5. The molecule has 0 bridgehead atoms. The second-order valence-corrected chi connectivity index (χ2v) is 20.2. The molecule has 0 aromatic heterocycles. The van der Waals surface area contributed by atoms with Crippen molar-refractivity contribution in [2.75, 3.05) is 47.5 Å². The van der Waals surface area contributed by atoms with Gasteiger partial charge in [0, 0.05) is 12.8 Å². The summed E-state index contributed by atoms with van der Waals surface area (Å²) in [4.78, 5) is 36.9. The number of likely N-dealkylation sites (N-methyl/N-ethyl adjacent to an activating group) is 1. The van der Waals surface area contributed by atoms with Gasteiger partial charge < -0.3 is 28.5 Å². The summed E-state index contributed by atoms with van der Waals surface area (Å²) in [6.07, 6.45) is 62.4. The Morgan fingerprint density at radius 2 is 0.826 bits per heavy atom. The zero-order valence-corrected chi connectivity index (χ0v) is 45.5. The average Bonchev–Trinajstić information content (AvgIpc) is 3.31. The zero-order chi connectivity index (χ0) is 50.6. The van der Waals surface area contributed by atoms with Crippen LogP contribution in [0.2, 0.25) is 0 Å². The van der Waals surface area contributed by atoms with Crippen molar-refractivity contribution < 1.29 is 42.9 Å². The number of esters is 2. The lowest BCUT2D eigenvalue weighted by atomic mass is 10.0. The average molecular weight is 972 g/mol. The number of aliphatic carboxylic acids is 1. The number of quaternary nitrogens is 1. The third-order valence-electron chi connectivity index (χ3n) is 12.3. The Morgan fingerprint density at radius 3 is 1.23 bits per heavy atom. The Morgan fingerprint density at radius 1 is 0.449 bits per heavy atom. The molecule has 2 atom stereocenters. The molecule has 0 spiro atoms. The van der Waals surface area contributed by atoms with E-state index in [9.17, 15) is 19.5 Å². The van der Waals surface area contributed by atoms with Crippen LogP contribution in [0, 0.1) is 0 Å². The Kier molecular flexibility index (Phi) is 49.1. The first kappa shape index (κ1) is 66.0. The monoisotopic (exact) mass is 971 g/mol. The standard InChI is InChI=1S/C60H107NO8/c1-6-8-10-12-13-14-15-16-17-18-19-20-21-22-23-24-25-26-27-28-29-30-31-32-33-34-35-36-37-38-39-40-41-42-43-44-45-47-49-51-58(63)69-56(54-67-57(62)50-48-46-11-9-7-2)55-68-60(59(64)65)66-53-52-61(3,4)5/h8,10,13-14,16-17,19-20,22-23,56,60H,6-7,9,11-12,15,18,21,24-55H2,1-5H3/p+1/b10-8-,14-13-,17-16-,20-19-,23-22-. The number of carboxylic acid groups (broad SMARTS) is 1.